The molecular formula is C17H29NO2. The molecular weight excluding hydrogens is 250 g/mol. The van der Waals surface area contributed by atoms with Crippen molar-refractivity contribution in [1.29, 1.82) is 0 Å². The number of ether oxygens (including phenoxy) is 1. The molecule has 3 heteroatoms. The highest BCUT2D eigenvalue weighted by atomic mass is 16.5. The van der Waals surface area contributed by atoms with Crippen LogP contribution in [0.1, 0.15) is 45.6 Å². The first-order valence-electron chi connectivity index (χ1n) is 7.49. The van der Waals surface area contributed by atoms with Crippen LogP contribution in [0.15, 0.2) is 24.3 Å². The Balaban J connectivity index is 2.47. The molecule has 0 amide bonds. The molecule has 3 nitrogen and oxygen atoms in total. The Morgan fingerprint density at radius 2 is 1.70 bits per heavy atom. The van der Waals surface area contributed by atoms with Crippen LogP contribution in [-0.4, -0.2) is 30.9 Å². The van der Waals surface area contributed by atoms with E-state index in [1.165, 1.54) is 5.56 Å². The first-order valence-corrected chi connectivity index (χ1v) is 7.49. The van der Waals surface area contributed by atoms with Gasteiger partial charge in [-0.25, -0.2) is 0 Å². The van der Waals surface area contributed by atoms with Crippen molar-refractivity contribution in [2.24, 2.45) is 5.92 Å². The lowest BCUT2D eigenvalue weighted by Gasteiger charge is -2.24. The first kappa shape index (κ1) is 17.0. The molecule has 0 radical (unpaired) electrons. The molecule has 3 atom stereocenters. The summed E-state index contributed by atoms with van der Waals surface area (Å²) in [5, 5.41) is 13.3. The molecule has 0 saturated carbocycles. The van der Waals surface area contributed by atoms with Gasteiger partial charge in [-0.2, -0.15) is 0 Å². The van der Waals surface area contributed by atoms with Gasteiger partial charge in [0.15, 0.2) is 0 Å². The van der Waals surface area contributed by atoms with Crippen LogP contribution in [0.5, 0.6) is 5.75 Å². The number of hydrogen-bond donors (Lipinski definition) is 2. The highest BCUT2D eigenvalue weighted by molar-refractivity contribution is 5.29. The van der Waals surface area contributed by atoms with Crippen LogP contribution in [0.2, 0.25) is 0 Å². The van der Waals surface area contributed by atoms with E-state index in [1.54, 1.807) is 7.11 Å². The molecule has 0 aliphatic heterocycles. The normalized spacial score (nSPS) is 15.9. The number of hydrogen-bond acceptors (Lipinski definition) is 3. The minimum Gasteiger partial charge on any atom is -0.497 e. The van der Waals surface area contributed by atoms with Crippen molar-refractivity contribution >= 4 is 0 Å². The summed E-state index contributed by atoms with van der Waals surface area (Å²) in [6.07, 6.45) is 0.580. The van der Waals surface area contributed by atoms with Gasteiger partial charge in [-0.15, -0.1) is 0 Å². The van der Waals surface area contributed by atoms with E-state index in [2.05, 4.69) is 45.1 Å². The maximum atomic E-state index is 9.91. The Labute approximate surface area is 123 Å². The average Bonchev–Trinajstić information content (AvgIpc) is 2.43. The standard InChI is InChI=1S/C17H29NO2/c1-12(2)10-16(19)11-18-14(4)13(3)15-6-8-17(20-5)9-7-15/h6-9,12-14,16,18-19H,10-11H2,1-5H3. The van der Waals surface area contributed by atoms with Crippen LogP contribution in [0.3, 0.4) is 0 Å². The summed E-state index contributed by atoms with van der Waals surface area (Å²) >= 11 is 0. The van der Waals surface area contributed by atoms with E-state index in [4.69, 9.17) is 4.74 Å². The van der Waals surface area contributed by atoms with Gasteiger partial charge in [0.2, 0.25) is 0 Å². The van der Waals surface area contributed by atoms with Gasteiger partial charge >= 0.3 is 0 Å². The zero-order chi connectivity index (χ0) is 15.1. The second-order valence-electron chi connectivity index (χ2n) is 6.04. The summed E-state index contributed by atoms with van der Waals surface area (Å²) in [5.74, 6) is 1.81. The molecule has 1 aromatic rings. The lowest BCUT2D eigenvalue weighted by Crippen LogP contribution is -2.37. The van der Waals surface area contributed by atoms with Gasteiger partial charge in [-0.3, -0.25) is 0 Å². The van der Waals surface area contributed by atoms with Gasteiger partial charge in [-0.05, 0) is 42.9 Å². The number of rotatable bonds is 8. The first-order chi connectivity index (χ1) is 9.43. The average molecular weight is 279 g/mol. The molecule has 1 rings (SSSR count). The van der Waals surface area contributed by atoms with Gasteiger partial charge in [0, 0.05) is 12.6 Å². The Morgan fingerprint density at radius 3 is 2.20 bits per heavy atom. The highest BCUT2D eigenvalue weighted by Gasteiger charge is 2.15. The molecule has 0 aliphatic rings. The molecule has 0 fully saturated rings. The summed E-state index contributed by atoms with van der Waals surface area (Å²) in [6.45, 7) is 9.28. The van der Waals surface area contributed by atoms with E-state index in [9.17, 15) is 5.11 Å². The summed E-state index contributed by atoms with van der Waals surface area (Å²) in [6, 6.07) is 8.52. The van der Waals surface area contributed by atoms with Crippen molar-refractivity contribution in [2.75, 3.05) is 13.7 Å². The van der Waals surface area contributed by atoms with E-state index in [-0.39, 0.29) is 6.10 Å². The summed E-state index contributed by atoms with van der Waals surface area (Å²) in [5.41, 5.74) is 1.28. The minimum absolute atomic E-state index is 0.263. The molecule has 0 aromatic heterocycles. The van der Waals surface area contributed by atoms with Gasteiger partial charge in [-0.1, -0.05) is 32.9 Å². The van der Waals surface area contributed by atoms with Crippen LogP contribution in [-0.2, 0) is 0 Å². The lowest BCUT2D eigenvalue weighted by molar-refractivity contribution is 0.142. The van der Waals surface area contributed by atoms with E-state index < -0.39 is 0 Å². The molecule has 2 N–H and O–H groups in total. The molecule has 1 aromatic carbocycles. The minimum atomic E-state index is -0.263. The van der Waals surface area contributed by atoms with E-state index in [0.29, 0.717) is 24.4 Å². The number of aliphatic hydroxyl groups excluding tert-OH is 1. The number of aliphatic hydroxyl groups is 1. The highest BCUT2D eigenvalue weighted by Crippen LogP contribution is 2.22. The van der Waals surface area contributed by atoms with Gasteiger partial charge in [0.25, 0.3) is 0 Å². The molecule has 0 aliphatic carbocycles. The third-order valence-electron chi connectivity index (χ3n) is 3.81. The van der Waals surface area contributed by atoms with Crippen molar-refractivity contribution in [2.45, 2.75) is 52.2 Å². The van der Waals surface area contributed by atoms with E-state index in [0.717, 1.165) is 12.2 Å². The van der Waals surface area contributed by atoms with Crippen molar-refractivity contribution < 1.29 is 9.84 Å². The predicted octanol–water partition coefficient (Wildman–Crippen LogP) is 3.18. The third kappa shape index (κ3) is 5.51. The molecule has 20 heavy (non-hydrogen) atoms. The summed E-state index contributed by atoms with van der Waals surface area (Å²) in [7, 11) is 1.68. The number of benzene rings is 1. The predicted molar refractivity (Wildman–Crippen MR) is 84.3 cm³/mol. The maximum Gasteiger partial charge on any atom is 0.118 e. The SMILES string of the molecule is COc1ccc(C(C)C(C)NCC(O)CC(C)C)cc1. The maximum absolute atomic E-state index is 9.91. The van der Waals surface area contributed by atoms with Crippen LogP contribution in [0, 0.1) is 5.92 Å². The molecule has 0 heterocycles. The second-order valence-corrected chi connectivity index (χ2v) is 6.04. The molecule has 114 valence electrons. The van der Waals surface area contributed by atoms with Crippen molar-refractivity contribution in [3.63, 3.8) is 0 Å². The van der Waals surface area contributed by atoms with Gasteiger partial charge < -0.3 is 15.2 Å². The monoisotopic (exact) mass is 279 g/mol. The van der Waals surface area contributed by atoms with E-state index >= 15 is 0 Å². The Hall–Kier alpha value is -1.06. The fourth-order valence-electron chi connectivity index (χ4n) is 2.32. The molecule has 3 unspecified atom stereocenters. The second kappa shape index (κ2) is 8.28. The Bertz CT molecular complexity index is 375. The zero-order valence-corrected chi connectivity index (χ0v) is 13.4. The van der Waals surface area contributed by atoms with Crippen LogP contribution in [0.25, 0.3) is 0 Å². The van der Waals surface area contributed by atoms with Crippen molar-refractivity contribution in [3.8, 4) is 5.75 Å². The zero-order valence-electron chi connectivity index (χ0n) is 13.4. The number of nitrogens with one attached hydrogen (secondary N) is 1. The summed E-state index contributed by atoms with van der Waals surface area (Å²) in [4.78, 5) is 0. The largest absolute Gasteiger partial charge is 0.497 e. The smallest absolute Gasteiger partial charge is 0.118 e. The van der Waals surface area contributed by atoms with Gasteiger partial charge in [0.05, 0.1) is 13.2 Å². The fourth-order valence-corrected chi connectivity index (χ4v) is 2.32. The number of methoxy groups -OCH3 is 1. The van der Waals surface area contributed by atoms with E-state index in [1.807, 2.05) is 12.1 Å². The molecule has 0 spiro atoms. The summed E-state index contributed by atoms with van der Waals surface area (Å²) < 4.78 is 5.18. The Morgan fingerprint density at radius 1 is 1.10 bits per heavy atom. The van der Waals surface area contributed by atoms with Crippen LogP contribution in [0.4, 0.5) is 0 Å². The lowest BCUT2D eigenvalue weighted by atomic mass is 9.94. The third-order valence-corrected chi connectivity index (χ3v) is 3.81. The van der Waals surface area contributed by atoms with Crippen LogP contribution >= 0.6 is 0 Å². The molecule has 0 saturated heterocycles. The van der Waals surface area contributed by atoms with Crippen LogP contribution < -0.4 is 10.1 Å². The quantitative estimate of drug-likeness (QED) is 0.768. The Kier molecular flexibility index (Phi) is 7.03. The van der Waals surface area contributed by atoms with Crippen molar-refractivity contribution in [3.05, 3.63) is 29.8 Å². The van der Waals surface area contributed by atoms with Crippen molar-refractivity contribution in [1.82, 2.24) is 5.32 Å². The topological polar surface area (TPSA) is 41.5 Å². The van der Waals surface area contributed by atoms with Gasteiger partial charge in [0.1, 0.15) is 5.75 Å². The molecule has 0 bridgehead atoms. The fraction of sp³-hybridized carbons (Fsp3) is 0.647.